The molecule has 0 spiro atoms. The summed E-state index contributed by atoms with van der Waals surface area (Å²) in [5, 5.41) is 9.24. The minimum atomic E-state index is -1.13. The van der Waals surface area contributed by atoms with Crippen LogP contribution in [0.25, 0.3) is 0 Å². The largest absolute Gasteiger partial charge is 0.478 e. The van der Waals surface area contributed by atoms with Crippen LogP contribution in [0.1, 0.15) is 40.0 Å². The van der Waals surface area contributed by atoms with Crippen molar-refractivity contribution in [2.45, 2.75) is 19.3 Å². The van der Waals surface area contributed by atoms with Gasteiger partial charge in [0, 0.05) is 12.6 Å². The van der Waals surface area contributed by atoms with Crippen LogP contribution in [-0.4, -0.2) is 21.9 Å². The predicted octanol–water partition coefficient (Wildman–Crippen LogP) is 3.84. The third kappa shape index (κ3) is 3.46. The molecule has 24 heavy (non-hydrogen) atoms. The van der Waals surface area contributed by atoms with E-state index in [1.807, 2.05) is 6.08 Å². The Kier molecular flexibility index (Phi) is 4.61. The first-order valence-electron chi connectivity index (χ1n) is 7.69. The highest BCUT2D eigenvalue weighted by Gasteiger charge is 2.21. The summed E-state index contributed by atoms with van der Waals surface area (Å²) in [5.41, 5.74) is 1.36. The van der Waals surface area contributed by atoms with E-state index in [4.69, 9.17) is 4.74 Å². The monoisotopic (exact) mass is 323 g/mol. The Morgan fingerprint density at radius 3 is 2.71 bits per heavy atom. The molecule has 5 heteroatoms. The number of carbonyl (C=O) groups excluding carboxylic acids is 1. The number of amides is 1. The van der Waals surface area contributed by atoms with E-state index in [1.54, 1.807) is 18.3 Å². The lowest BCUT2D eigenvalue weighted by molar-refractivity contribution is 0.0687. The van der Waals surface area contributed by atoms with E-state index in [0.29, 0.717) is 12.2 Å². The fraction of sp³-hybridized carbons (Fsp3) is 0.158. The van der Waals surface area contributed by atoms with E-state index < -0.39 is 11.9 Å². The molecular weight excluding hydrogens is 306 g/mol. The number of ether oxygens (including phenoxy) is 1. The molecule has 5 nitrogen and oxygen atoms in total. The van der Waals surface area contributed by atoms with Gasteiger partial charge >= 0.3 is 5.97 Å². The maximum Gasteiger partial charge on any atom is 0.336 e. The Balaban J connectivity index is 1.81. The predicted molar refractivity (Wildman–Crippen MR) is 89.0 cm³/mol. The number of nitrogens with zero attached hydrogens (tertiary/aromatic N) is 1. The molecule has 1 N–H and O–H groups in total. The summed E-state index contributed by atoms with van der Waals surface area (Å²) in [5.74, 6) is -0.873. The molecule has 1 amide bonds. The Hall–Kier alpha value is -3.08. The van der Waals surface area contributed by atoms with Crippen molar-refractivity contribution >= 4 is 11.9 Å². The van der Waals surface area contributed by atoms with Gasteiger partial charge in [-0.05, 0) is 25.0 Å². The summed E-state index contributed by atoms with van der Waals surface area (Å²) in [6.45, 7) is 0. The maximum atomic E-state index is 12.6. The van der Waals surface area contributed by atoms with E-state index in [0.717, 1.165) is 12.8 Å². The van der Waals surface area contributed by atoms with Crippen LogP contribution in [0, 0.1) is 0 Å². The molecule has 1 heterocycles. The molecule has 0 saturated heterocycles. The van der Waals surface area contributed by atoms with Crippen LogP contribution in [0.4, 0.5) is 0 Å². The fourth-order valence-corrected chi connectivity index (χ4v) is 2.64. The number of aromatic carboxylic acids is 1. The lowest BCUT2D eigenvalue weighted by atomic mass is 10.0. The van der Waals surface area contributed by atoms with Crippen LogP contribution in [0.15, 0.2) is 72.5 Å². The van der Waals surface area contributed by atoms with Gasteiger partial charge in [-0.25, -0.2) is 4.79 Å². The number of carboxylic acids is 1. The molecule has 0 aromatic heterocycles. The van der Waals surface area contributed by atoms with Crippen LogP contribution in [0.2, 0.25) is 0 Å². The highest BCUT2D eigenvalue weighted by atomic mass is 16.5. The first-order chi connectivity index (χ1) is 11.6. The van der Waals surface area contributed by atoms with Crippen molar-refractivity contribution in [1.82, 2.24) is 4.90 Å². The second-order valence-electron chi connectivity index (χ2n) is 5.53. The number of carbonyl (C=O) groups is 2. The molecule has 0 radical (unpaired) electrons. The van der Waals surface area contributed by atoms with Gasteiger partial charge in [-0.1, -0.05) is 35.9 Å². The number of allylic oxidation sites excluding steroid dienone is 4. The molecule has 2 aliphatic rings. The van der Waals surface area contributed by atoms with Crippen LogP contribution in [0.3, 0.4) is 0 Å². The van der Waals surface area contributed by atoms with Gasteiger partial charge in [0.25, 0.3) is 5.91 Å². The lowest BCUT2D eigenvalue weighted by Gasteiger charge is -2.21. The lowest BCUT2D eigenvalue weighted by Crippen LogP contribution is -2.25. The van der Waals surface area contributed by atoms with Crippen molar-refractivity contribution in [2.24, 2.45) is 0 Å². The quantitative estimate of drug-likeness (QED) is 0.914. The van der Waals surface area contributed by atoms with Gasteiger partial charge in [0.15, 0.2) is 0 Å². The highest BCUT2D eigenvalue weighted by molar-refractivity contribution is 6.05. The average molecular weight is 323 g/mol. The van der Waals surface area contributed by atoms with Gasteiger partial charge in [0.1, 0.15) is 12.0 Å². The number of hydrogen-bond acceptors (Lipinski definition) is 3. The van der Waals surface area contributed by atoms with E-state index in [-0.39, 0.29) is 11.1 Å². The van der Waals surface area contributed by atoms with Crippen molar-refractivity contribution < 1.29 is 19.4 Å². The Morgan fingerprint density at radius 2 is 2.00 bits per heavy atom. The molecule has 0 atom stereocenters. The van der Waals surface area contributed by atoms with E-state index >= 15 is 0 Å². The summed E-state index contributed by atoms with van der Waals surface area (Å²) in [7, 11) is 0. The topological polar surface area (TPSA) is 66.8 Å². The number of carboxylic acid groups (broad SMARTS) is 1. The van der Waals surface area contributed by atoms with Gasteiger partial charge in [0.05, 0.1) is 17.3 Å². The highest BCUT2D eigenvalue weighted by Crippen LogP contribution is 2.24. The number of benzene rings is 1. The smallest absolute Gasteiger partial charge is 0.336 e. The number of rotatable bonds is 4. The van der Waals surface area contributed by atoms with Crippen molar-refractivity contribution in [1.29, 1.82) is 0 Å². The second kappa shape index (κ2) is 7.00. The minimum Gasteiger partial charge on any atom is -0.478 e. The van der Waals surface area contributed by atoms with Gasteiger partial charge in [0.2, 0.25) is 0 Å². The summed E-state index contributed by atoms with van der Waals surface area (Å²) in [6.07, 6.45) is 13.3. The van der Waals surface area contributed by atoms with Gasteiger partial charge in [-0.3, -0.25) is 9.69 Å². The van der Waals surface area contributed by atoms with Crippen molar-refractivity contribution in [2.75, 3.05) is 0 Å². The van der Waals surface area contributed by atoms with Crippen LogP contribution < -0.4 is 0 Å². The van der Waals surface area contributed by atoms with Crippen LogP contribution in [-0.2, 0) is 4.74 Å². The summed E-state index contributed by atoms with van der Waals surface area (Å²) in [6, 6.07) is 6.17. The van der Waals surface area contributed by atoms with Gasteiger partial charge in [-0.15, -0.1) is 0 Å². The minimum absolute atomic E-state index is 0.0162. The normalized spacial score (nSPS) is 16.2. The molecule has 0 fully saturated rings. The van der Waals surface area contributed by atoms with E-state index in [1.165, 1.54) is 35.1 Å². The Morgan fingerprint density at radius 1 is 1.21 bits per heavy atom. The molecule has 1 aliphatic carbocycles. The van der Waals surface area contributed by atoms with Crippen molar-refractivity contribution in [3.05, 3.63) is 83.6 Å². The Bertz CT molecular complexity index is 786. The second-order valence-corrected chi connectivity index (χ2v) is 5.53. The molecule has 122 valence electrons. The SMILES string of the molecule is O=C(O)c1ccccc1C(=O)N1C=COC(CC2=CC=CCC2)=C1. The first-order valence-corrected chi connectivity index (χ1v) is 7.69. The van der Waals surface area contributed by atoms with Gasteiger partial charge < -0.3 is 9.84 Å². The van der Waals surface area contributed by atoms with E-state index in [2.05, 4.69) is 12.2 Å². The average Bonchev–Trinajstić information content (AvgIpc) is 2.62. The first kappa shape index (κ1) is 15.8. The zero-order valence-electron chi connectivity index (χ0n) is 13.0. The summed E-state index contributed by atoms with van der Waals surface area (Å²) in [4.78, 5) is 25.3. The van der Waals surface area contributed by atoms with Gasteiger partial charge in [-0.2, -0.15) is 0 Å². The van der Waals surface area contributed by atoms with Crippen LogP contribution in [0.5, 0.6) is 0 Å². The molecule has 0 unspecified atom stereocenters. The van der Waals surface area contributed by atoms with E-state index in [9.17, 15) is 14.7 Å². The number of hydrogen-bond donors (Lipinski definition) is 1. The van der Waals surface area contributed by atoms with Crippen molar-refractivity contribution in [3.8, 4) is 0 Å². The molecule has 1 aromatic carbocycles. The molecule has 0 bridgehead atoms. The molecule has 0 saturated carbocycles. The molecular formula is C19H17NO4. The van der Waals surface area contributed by atoms with Crippen LogP contribution >= 0.6 is 0 Å². The third-order valence-corrected chi connectivity index (χ3v) is 3.85. The summed E-state index contributed by atoms with van der Waals surface area (Å²) < 4.78 is 5.48. The fourth-order valence-electron chi connectivity index (χ4n) is 2.64. The summed E-state index contributed by atoms with van der Waals surface area (Å²) >= 11 is 0. The zero-order chi connectivity index (χ0) is 16.9. The molecule has 3 rings (SSSR count). The van der Waals surface area contributed by atoms with Crippen molar-refractivity contribution in [3.63, 3.8) is 0 Å². The zero-order valence-corrected chi connectivity index (χ0v) is 13.0. The standard InChI is InChI=1S/C19H17NO4/c21-18(16-8-4-5-9-17(16)19(22)23)20-10-11-24-15(13-20)12-14-6-2-1-3-7-14/h1-2,4-6,8-11,13H,3,7,12H2,(H,22,23). The third-order valence-electron chi connectivity index (χ3n) is 3.85. The molecule has 1 aliphatic heterocycles. The molecule has 1 aromatic rings. The Labute approximate surface area is 139 Å². The maximum absolute atomic E-state index is 12.6.